The predicted octanol–water partition coefficient (Wildman–Crippen LogP) is 4.73. The van der Waals surface area contributed by atoms with E-state index in [0.29, 0.717) is 28.5 Å². The molecule has 0 aliphatic carbocycles. The van der Waals surface area contributed by atoms with Crippen molar-refractivity contribution in [1.82, 2.24) is 0 Å². The Labute approximate surface area is 125 Å². The van der Waals surface area contributed by atoms with Gasteiger partial charge >= 0.3 is 0 Å². The lowest BCUT2D eigenvalue weighted by molar-refractivity contribution is 0.103. The minimum Gasteiger partial charge on any atom is -0.493 e. The Hall–Kier alpha value is -1.32. The summed E-state index contributed by atoms with van der Waals surface area (Å²) in [7, 11) is 0. The van der Waals surface area contributed by atoms with Crippen LogP contribution in [0.15, 0.2) is 46.9 Å². The largest absolute Gasteiger partial charge is 0.493 e. The van der Waals surface area contributed by atoms with E-state index >= 15 is 0 Å². The maximum atomic E-state index is 12.5. The molecule has 0 aromatic heterocycles. The first-order valence-electron chi connectivity index (χ1n) is 5.85. The number of ether oxygens (including phenoxy) is 1. The second-order valence-electron chi connectivity index (χ2n) is 3.88. The number of para-hydroxylation sites is 1. The van der Waals surface area contributed by atoms with Crippen molar-refractivity contribution in [1.29, 1.82) is 0 Å². The van der Waals surface area contributed by atoms with Crippen LogP contribution < -0.4 is 4.74 Å². The Morgan fingerprint density at radius 1 is 1.21 bits per heavy atom. The van der Waals surface area contributed by atoms with Gasteiger partial charge in [0.25, 0.3) is 0 Å². The molecule has 4 heteroatoms. The Bertz CT molecular complexity index is 611. The van der Waals surface area contributed by atoms with E-state index in [-0.39, 0.29) is 5.78 Å². The fourth-order valence-electron chi connectivity index (χ4n) is 1.75. The van der Waals surface area contributed by atoms with E-state index in [1.807, 2.05) is 19.1 Å². The molecule has 0 unspecified atom stereocenters. The van der Waals surface area contributed by atoms with Gasteiger partial charge in [0.1, 0.15) is 5.75 Å². The highest BCUT2D eigenvalue weighted by Crippen LogP contribution is 2.27. The highest BCUT2D eigenvalue weighted by Gasteiger charge is 2.17. The van der Waals surface area contributed by atoms with Gasteiger partial charge in [-0.15, -0.1) is 0 Å². The van der Waals surface area contributed by atoms with Crippen molar-refractivity contribution in [3.8, 4) is 5.75 Å². The molecule has 0 amide bonds. The number of ketones is 1. The van der Waals surface area contributed by atoms with Crippen molar-refractivity contribution in [3.63, 3.8) is 0 Å². The van der Waals surface area contributed by atoms with Gasteiger partial charge in [-0.05, 0) is 37.3 Å². The van der Waals surface area contributed by atoms with Crippen LogP contribution in [-0.2, 0) is 0 Å². The molecule has 0 saturated carbocycles. The molecule has 0 atom stereocenters. The first-order chi connectivity index (χ1) is 9.13. The summed E-state index contributed by atoms with van der Waals surface area (Å²) in [5.41, 5.74) is 0.979. The average Bonchev–Trinajstić information content (AvgIpc) is 2.42. The third kappa shape index (κ3) is 3.17. The summed E-state index contributed by atoms with van der Waals surface area (Å²) in [4.78, 5) is 12.5. The molecule has 0 fully saturated rings. The normalized spacial score (nSPS) is 10.3. The summed E-state index contributed by atoms with van der Waals surface area (Å²) >= 11 is 9.43. The molecule has 0 heterocycles. The molecular formula is C15H12BrClO2. The average molecular weight is 340 g/mol. The summed E-state index contributed by atoms with van der Waals surface area (Å²) in [6, 6.07) is 12.4. The van der Waals surface area contributed by atoms with Crippen LogP contribution >= 0.6 is 27.5 Å². The zero-order valence-electron chi connectivity index (χ0n) is 10.3. The molecule has 0 aliphatic heterocycles. The van der Waals surface area contributed by atoms with Crippen LogP contribution in [0, 0.1) is 0 Å². The van der Waals surface area contributed by atoms with Crippen LogP contribution in [0.2, 0.25) is 5.02 Å². The zero-order valence-corrected chi connectivity index (χ0v) is 12.7. The van der Waals surface area contributed by atoms with E-state index in [4.69, 9.17) is 16.3 Å². The highest BCUT2D eigenvalue weighted by atomic mass is 79.9. The van der Waals surface area contributed by atoms with Gasteiger partial charge in [0.15, 0.2) is 5.78 Å². The molecule has 0 aliphatic rings. The molecule has 2 aromatic carbocycles. The van der Waals surface area contributed by atoms with E-state index in [2.05, 4.69) is 15.9 Å². The van der Waals surface area contributed by atoms with Gasteiger partial charge in [0.05, 0.1) is 17.2 Å². The lowest BCUT2D eigenvalue weighted by Crippen LogP contribution is -2.06. The van der Waals surface area contributed by atoms with Crippen LogP contribution in [0.3, 0.4) is 0 Å². The first kappa shape index (κ1) is 14.1. The molecule has 0 N–H and O–H groups in total. The number of rotatable bonds is 4. The van der Waals surface area contributed by atoms with Gasteiger partial charge in [-0.3, -0.25) is 4.79 Å². The van der Waals surface area contributed by atoms with Crippen molar-refractivity contribution in [3.05, 3.63) is 63.1 Å². The topological polar surface area (TPSA) is 26.3 Å². The van der Waals surface area contributed by atoms with Gasteiger partial charge in [0.2, 0.25) is 0 Å². The van der Waals surface area contributed by atoms with Crippen LogP contribution in [0.1, 0.15) is 22.8 Å². The SMILES string of the molecule is CCOc1ccccc1C(=O)c1cc(Br)ccc1Cl. The van der Waals surface area contributed by atoms with Crippen molar-refractivity contribution in [2.24, 2.45) is 0 Å². The number of carbonyl (C=O) groups is 1. The summed E-state index contributed by atoms with van der Waals surface area (Å²) in [5, 5.41) is 0.430. The molecule has 19 heavy (non-hydrogen) atoms. The van der Waals surface area contributed by atoms with Crippen LogP contribution in [0.5, 0.6) is 5.75 Å². The molecule has 2 nitrogen and oxygen atoms in total. The number of hydrogen-bond donors (Lipinski definition) is 0. The number of halogens is 2. The van der Waals surface area contributed by atoms with Crippen molar-refractivity contribution in [2.75, 3.05) is 6.61 Å². The second-order valence-corrected chi connectivity index (χ2v) is 5.21. The lowest BCUT2D eigenvalue weighted by Gasteiger charge is -2.10. The summed E-state index contributed by atoms with van der Waals surface area (Å²) in [6.45, 7) is 2.39. The molecule has 2 rings (SSSR count). The summed E-state index contributed by atoms with van der Waals surface area (Å²) in [5.74, 6) is 0.432. The minimum atomic E-state index is -0.143. The third-order valence-corrected chi connectivity index (χ3v) is 3.43. The fraction of sp³-hybridized carbons (Fsp3) is 0.133. The Balaban J connectivity index is 2.47. The van der Waals surface area contributed by atoms with Crippen molar-refractivity contribution < 1.29 is 9.53 Å². The van der Waals surface area contributed by atoms with E-state index in [1.165, 1.54) is 0 Å². The van der Waals surface area contributed by atoms with E-state index < -0.39 is 0 Å². The zero-order chi connectivity index (χ0) is 13.8. The lowest BCUT2D eigenvalue weighted by atomic mass is 10.0. The van der Waals surface area contributed by atoms with Crippen LogP contribution in [0.4, 0.5) is 0 Å². The molecule has 0 saturated heterocycles. The summed E-state index contributed by atoms with van der Waals surface area (Å²) < 4.78 is 6.29. The van der Waals surface area contributed by atoms with Crippen LogP contribution in [0.25, 0.3) is 0 Å². The molecule has 0 spiro atoms. The van der Waals surface area contributed by atoms with Gasteiger partial charge < -0.3 is 4.74 Å². The number of carbonyl (C=O) groups excluding carboxylic acids is 1. The highest BCUT2D eigenvalue weighted by molar-refractivity contribution is 9.10. The Morgan fingerprint density at radius 2 is 1.95 bits per heavy atom. The van der Waals surface area contributed by atoms with Crippen LogP contribution in [-0.4, -0.2) is 12.4 Å². The van der Waals surface area contributed by atoms with E-state index in [1.54, 1.807) is 30.3 Å². The predicted molar refractivity (Wildman–Crippen MR) is 80.2 cm³/mol. The van der Waals surface area contributed by atoms with Gasteiger partial charge in [-0.2, -0.15) is 0 Å². The third-order valence-electron chi connectivity index (χ3n) is 2.60. The van der Waals surface area contributed by atoms with E-state index in [9.17, 15) is 4.79 Å². The van der Waals surface area contributed by atoms with Gasteiger partial charge in [-0.25, -0.2) is 0 Å². The number of benzene rings is 2. The first-order valence-corrected chi connectivity index (χ1v) is 7.02. The maximum Gasteiger partial charge on any atom is 0.198 e. The van der Waals surface area contributed by atoms with Crippen molar-refractivity contribution in [2.45, 2.75) is 6.92 Å². The van der Waals surface area contributed by atoms with Crippen molar-refractivity contribution >= 4 is 33.3 Å². The number of hydrogen-bond acceptors (Lipinski definition) is 2. The second kappa shape index (κ2) is 6.22. The molecular weight excluding hydrogens is 328 g/mol. The quantitative estimate of drug-likeness (QED) is 0.753. The smallest absolute Gasteiger partial charge is 0.198 e. The summed E-state index contributed by atoms with van der Waals surface area (Å²) in [6.07, 6.45) is 0. The Kier molecular flexibility index (Phi) is 4.61. The minimum absolute atomic E-state index is 0.143. The monoisotopic (exact) mass is 338 g/mol. The maximum absolute atomic E-state index is 12.5. The Morgan fingerprint density at radius 3 is 2.68 bits per heavy atom. The molecule has 2 aromatic rings. The fourth-order valence-corrected chi connectivity index (χ4v) is 2.32. The van der Waals surface area contributed by atoms with Gasteiger partial charge in [-0.1, -0.05) is 39.7 Å². The molecule has 98 valence electrons. The molecule has 0 radical (unpaired) electrons. The molecule has 0 bridgehead atoms. The van der Waals surface area contributed by atoms with E-state index in [0.717, 1.165) is 4.47 Å². The standard InChI is InChI=1S/C15H12BrClO2/c1-2-19-14-6-4-3-5-11(14)15(18)12-9-10(16)7-8-13(12)17/h3-9H,2H2,1H3. The van der Waals surface area contributed by atoms with Gasteiger partial charge in [0, 0.05) is 10.0 Å².